The van der Waals surface area contributed by atoms with Gasteiger partial charge in [0.1, 0.15) is 17.2 Å². The van der Waals surface area contributed by atoms with Gasteiger partial charge < -0.3 is 19.9 Å². The smallest absolute Gasteiger partial charge is 0.316 e. The standard InChI is InChI=1S/C32H37NO5/c1-32(2,3)31(36)38-27-14-11-22-18-24(8-7-23(22)19-27)28-16-15-26(37-4)20-29(28)33-17-5-6-30(35)21-9-12-25(34)13-10-21/h9-16,19-20,24,33-34H,5-8,17-18H2,1-4H3. The van der Waals surface area contributed by atoms with E-state index in [2.05, 4.69) is 17.4 Å². The number of nitrogens with one attached hydrogen (secondary N) is 1. The fourth-order valence-electron chi connectivity index (χ4n) is 4.76. The molecule has 6 nitrogen and oxygen atoms in total. The second-order valence-corrected chi connectivity index (χ2v) is 11.0. The molecule has 0 saturated heterocycles. The molecule has 0 bridgehead atoms. The van der Waals surface area contributed by atoms with E-state index in [0.717, 1.165) is 30.7 Å². The number of Topliss-reactive ketones (excluding diaryl/α,β-unsaturated/α-hetero) is 1. The first kappa shape index (κ1) is 27.2. The van der Waals surface area contributed by atoms with Crippen molar-refractivity contribution >= 4 is 17.4 Å². The Hall–Kier alpha value is -3.80. The van der Waals surface area contributed by atoms with Crippen molar-refractivity contribution in [2.24, 2.45) is 5.41 Å². The molecule has 3 aromatic rings. The summed E-state index contributed by atoms with van der Waals surface area (Å²) in [7, 11) is 1.66. The molecule has 0 heterocycles. The zero-order chi connectivity index (χ0) is 27.3. The Bertz CT molecular complexity index is 1290. The molecular weight excluding hydrogens is 478 g/mol. The average molecular weight is 516 g/mol. The zero-order valence-corrected chi connectivity index (χ0v) is 22.7. The summed E-state index contributed by atoms with van der Waals surface area (Å²) in [6, 6.07) is 18.5. The van der Waals surface area contributed by atoms with Gasteiger partial charge in [0.25, 0.3) is 0 Å². The Balaban J connectivity index is 1.41. The number of phenolic OH excluding ortho intramolecular Hbond substituents is 1. The highest BCUT2D eigenvalue weighted by Gasteiger charge is 2.26. The summed E-state index contributed by atoms with van der Waals surface area (Å²) >= 11 is 0. The molecule has 1 atom stereocenters. The van der Waals surface area contributed by atoms with Gasteiger partial charge in [-0.05, 0) is 112 Å². The summed E-state index contributed by atoms with van der Waals surface area (Å²) in [4.78, 5) is 24.8. The number of benzene rings is 3. The van der Waals surface area contributed by atoms with Crippen molar-refractivity contribution in [1.29, 1.82) is 0 Å². The molecule has 2 N–H and O–H groups in total. The SMILES string of the molecule is COc1ccc(C2CCc3cc(OC(=O)C(C)(C)C)ccc3C2)c(NCCCC(=O)c2ccc(O)cc2)c1. The molecular formula is C32H37NO5. The molecule has 200 valence electrons. The Labute approximate surface area is 225 Å². The molecule has 0 radical (unpaired) electrons. The third-order valence-corrected chi connectivity index (χ3v) is 7.01. The molecule has 0 spiro atoms. The van der Waals surface area contributed by atoms with E-state index < -0.39 is 5.41 Å². The second kappa shape index (κ2) is 11.7. The van der Waals surface area contributed by atoms with Crippen molar-refractivity contribution in [3.63, 3.8) is 0 Å². The lowest BCUT2D eigenvalue weighted by Gasteiger charge is -2.28. The number of anilines is 1. The third kappa shape index (κ3) is 6.74. The number of hydrogen-bond acceptors (Lipinski definition) is 6. The maximum atomic E-state index is 12.5. The van der Waals surface area contributed by atoms with Crippen LogP contribution in [-0.4, -0.2) is 30.5 Å². The van der Waals surface area contributed by atoms with E-state index in [0.29, 0.717) is 36.6 Å². The van der Waals surface area contributed by atoms with Gasteiger partial charge in [-0.1, -0.05) is 12.1 Å². The number of phenols is 1. The van der Waals surface area contributed by atoms with Crippen LogP contribution in [0.15, 0.2) is 60.7 Å². The van der Waals surface area contributed by atoms with E-state index in [1.165, 1.54) is 28.8 Å². The van der Waals surface area contributed by atoms with Crippen LogP contribution in [0.3, 0.4) is 0 Å². The summed E-state index contributed by atoms with van der Waals surface area (Å²) in [6.45, 7) is 6.22. The summed E-state index contributed by atoms with van der Waals surface area (Å²) in [5.41, 5.74) is 4.85. The lowest BCUT2D eigenvalue weighted by molar-refractivity contribution is -0.143. The van der Waals surface area contributed by atoms with E-state index >= 15 is 0 Å². The Morgan fingerprint density at radius 1 is 0.974 bits per heavy atom. The van der Waals surface area contributed by atoms with Crippen LogP contribution in [0, 0.1) is 5.41 Å². The van der Waals surface area contributed by atoms with Gasteiger partial charge in [-0.15, -0.1) is 0 Å². The van der Waals surface area contributed by atoms with E-state index in [1.807, 2.05) is 45.0 Å². The maximum absolute atomic E-state index is 12.5. The van der Waals surface area contributed by atoms with Crippen LogP contribution in [-0.2, 0) is 17.6 Å². The molecule has 1 aliphatic rings. The number of aromatic hydroxyl groups is 1. The van der Waals surface area contributed by atoms with Crippen molar-refractivity contribution in [3.05, 3.63) is 82.9 Å². The summed E-state index contributed by atoms with van der Waals surface area (Å²) in [5.74, 6) is 1.73. The van der Waals surface area contributed by atoms with Crippen molar-refractivity contribution in [2.45, 2.75) is 58.8 Å². The van der Waals surface area contributed by atoms with E-state index in [-0.39, 0.29) is 17.5 Å². The van der Waals surface area contributed by atoms with Gasteiger partial charge in [-0.3, -0.25) is 9.59 Å². The number of fused-ring (bicyclic) bond motifs is 1. The first-order chi connectivity index (χ1) is 18.1. The van der Waals surface area contributed by atoms with Crippen LogP contribution in [0.2, 0.25) is 0 Å². The monoisotopic (exact) mass is 515 g/mol. The van der Waals surface area contributed by atoms with Gasteiger partial charge in [0.15, 0.2) is 5.78 Å². The van der Waals surface area contributed by atoms with Gasteiger partial charge in [0.2, 0.25) is 0 Å². The summed E-state index contributed by atoms with van der Waals surface area (Å²) in [6.07, 6.45) is 3.93. The van der Waals surface area contributed by atoms with Gasteiger partial charge in [-0.2, -0.15) is 0 Å². The van der Waals surface area contributed by atoms with Crippen LogP contribution in [0.4, 0.5) is 5.69 Å². The second-order valence-electron chi connectivity index (χ2n) is 11.0. The van der Waals surface area contributed by atoms with Crippen LogP contribution < -0.4 is 14.8 Å². The molecule has 4 rings (SSSR count). The molecule has 38 heavy (non-hydrogen) atoms. The number of ether oxygens (including phenoxy) is 2. The number of methoxy groups -OCH3 is 1. The van der Waals surface area contributed by atoms with Gasteiger partial charge in [0.05, 0.1) is 12.5 Å². The van der Waals surface area contributed by atoms with Crippen molar-refractivity contribution in [3.8, 4) is 17.2 Å². The van der Waals surface area contributed by atoms with E-state index in [4.69, 9.17) is 9.47 Å². The largest absolute Gasteiger partial charge is 0.508 e. The zero-order valence-electron chi connectivity index (χ0n) is 22.7. The summed E-state index contributed by atoms with van der Waals surface area (Å²) in [5, 5.41) is 13.0. The fourth-order valence-corrected chi connectivity index (χ4v) is 4.76. The maximum Gasteiger partial charge on any atom is 0.316 e. The van der Waals surface area contributed by atoms with E-state index in [9.17, 15) is 14.7 Å². The van der Waals surface area contributed by atoms with Gasteiger partial charge in [0, 0.05) is 30.3 Å². The molecule has 0 amide bonds. The predicted molar refractivity (Wildman–Crippen MR) is 149 cm³/mol. The lowest BCUT2D eigenvalue weighted by Crippen LogP contribution is -2.25. The quantitative estimate of drug-likeness (QED) is 0.143. The van der Waals surface area contributed by atoms with Gasteiger partial charge in [-0.25, -0.2) is 0 Å². The summed E-state index contributed by atoms with van der Waals surface area (Å²) < 4.78 is 11.1. The number of rotatable bonds is 9. The minimum atomic E-state index is -0.544. The van der Waals surface area contributed by atoms with E-state index in [1.54, 1.807) is 19.2 Å². The average Bonchev–Trinajstić information content (AvgIpc) is 2.90. The number of hydrogen-bond donors (Lipinski definition) is 2. The van der Waals surface area contributed by atoms with Gasteiger partial charge >= 0.3 is 5.97 Å². The first-order valence-corrected chi connectivity index (χ1v) is 13.2. The topological polar surface area (TPSA) is 84.9 Å². The minimum Gasteiger partial charge on any atom is -0.508 e. The number of aryl methyl sites for hydroxylation is 1. The Kier molecular flexibility index (Phi) is 8.40. The lowest BCUT2D eigenvalue weighted by atomic mass is 9.79. The highest BCUT2D eigenvalue weighted by Crippen LogP contribution is 2.38. The van der Waals surface area contributed by atoms with Crippen molar-refractivity contribution in [1.82, 2.24) is 0 Å². The first-order valence-electron chi connectivity index (χ1n) is 13.2. The van der Waals surface area contributed by atoms with Crippen molar-refractivity contribution < 1.29 is 24.2 Å². The highest BCUT2D eigenvalue weighted by molar-refractivity contribution is 5.96. The Morgan fingerprint density at radius 3 is 2.42 bits per heavy atom. The molecule has 1 aliphatic carbocycles. The van der Waals surface area contributed by atoms with Crippen LogP contribution >= 0.6 is 0 Å². The molecule has 0 saturated carbocycles. The van der Waals surface area contributed by atoms with Crippen LogP contribution in [0.1, 0.15) is 73.0 Å². The normalized spacial score (nSPS) is 14.9. The number of ketones is 1. The molecule has 1 unspecified atom stereocenters. The van der Waals surface area contributed by atoms with Crippen molar-refractivity contribution in [2.75, 3.05) is 19.0 Å². The molecule has 0 aliphatic heterocycles. The minimum absolute atomic E-state index is 0.0640. The molecule has 0 aromatic heterocycles. The fraction of sp³-hybridized carbons (Fsp3) is 0.375. The van der Waals surface area contributed by atoms with Crippen LogP contribution in [0.5, 0.6) is 17.2 Å². The molecule has 6 heteroatoms. The predicted octanol–water partition coefficient (Wildman–Crippen LogP) is 6.70. The Morgan fingerprint density at radius 2 is 1.71 bits per heavy atom. The number of carbonyl (C=O) groups is 2. The molecule has 0 fully saturated rings. The molecule has 3 aromatic carbocycles. The highest BCUT2D eigenvalue weighted by atomic mass is 16.5. The third-order valence-electron chi connectivity index (χ3n) is 7.01. The number of esters is 1. The van der Waals surface area contributed by atoms with Crippen LogP contribution in [0.25, 0.3) is 0 Å². The number of carbonyl (C=O) groups excluding carboxylic acids is 2.